The maximum Gasteiger partial charge on any atom is 0.181 e. The number of methoxy groups -OCH3 is 1. The van der Waals surface area contributed by atoms with Gasteiger partial charge in [0.25, 0.3) is 0 Å². The largest absolute Gasteiger partial charge is 0.386 e. The summed E-state index contributed by atoms with van der Waals surface area (Å²) in [7, 11) is 1.75. The number of hydrogen-bond donors (Lipinski definition) is 1. The highest BCUT2D eigenvalue weighted by molar-refractivity contribution is 8.21. The maximum absolute atomic E-state index is 11.2. The molecule has 0 bridgehead atoms. The first-order valence-electron chi connectivity index (χ1n) is 9.64. The lowest BCUT2D eigenvalue weighted by Crippen LogP contribution is -2.57. The van der Waals surface area contributed by atoms with E-state index >= 15 is 0 Å². The molecule has 0 unspecified atom stereocenters. The summed E-state index contributed by atoms with van der Waals surface area (Å²) in [6.45, 7) is 2.08. The summed E-state index contributed by atoms with van der Waals surface area (Å²) in [5, 5.41) is 11.2. The fourth-order valence-corrected chi connectivity index (χ4v) is 10.9. The third kappa shape index (κ3) is 3.75. The van der Waals surface area contributed by atoms with Crippen molar-refractivity contribution in [2.75, 3.05) is 30.1 Å². The van der Waals surface area contributed by atoms with Crippen molar-refractivity contribution in [3.8, 4) is 0 Å². The van der Waals surface area contributed by atoms with Crippen molar-refractivity contribution < 1.29 is 14.6 Å². The molecule has 26 heavy (non-hydrogen) atoms. The second-order valence-electron chi connectivity index (χ2n) is 7.85. The third-order valence-corrected chi connectivity index (χ3v) is 13.2. The van der Waals surface area contributed by atoms with Crippen molar-refractivity contribution in [3.63, 3.8) is 0 Å². The van der Waals surface area contributed by atoms with Crippen LogP contribution in [0.15, 0.2) is 11.6 Å². The van der Waals surface area contributed by atoms with Gasteiger partial charge in [-0.1, -0.05) is 6.08 Å². The van der Waals surface area contributed by atoms with Gasteiger partial charge in [-0.3, -0.25) is 0 Å². The normalized spacial score (nSPS) is 37.7. The van der Waals surface area contributed by atoms with Gasteiger partial charge < -0.3 is 14.6 Å². The molecule has 4 rings (SSSR count). The average molecular weight is 435 g/mol. The van der Waals surface area contributed by atoms with Crippen molar-refractivity contribution in [1.82, 2.24) is 0 Å². The number of hydrogen-bond acceptors (Lipinski definition) is 7. The zero-order valence-corrected chi connectivity index (χ0v) is 19.0. The summed E-state index contributed by atoms with van der Waals surface area (Å²) in [5.74, 6) is 4.89. The van der Waals surface area contributed by atoms with E-state index in [0.29, 0.717) is 4.08 Å². The van der Waals surface area contributed by atoms with E-state index in [1.807, 2.05) is 23.5 Å². The number of ether oxygens (including phenoxy) is 2. The SMILES string of the molecule is CO[C@H]1O[C@](C)([C@H](O)C2=CCC3(CC2)SCCS3)CCC12SCCCS2. The molecule has 2 spiro atoms. The van der Waals surface area contributed by atoms with Crippen LogP contribution in [0.5, 0.6) is 0 Å². The Hall–Kier alpha value is 1.02. The molecule has 0 saturated carbocycles. The summed E-state index contributed by atoms with van der Waals surface area (Å²) in [5.41, 5.74) is 0.637. The highest BCUT2D eigenvalue weighted by atomic mass is 32.2. The first kappa shape index (κ1) is 20.3. The minimum Gasteiger partial charge on any atom is -0.386 e. The predicted octanol–water partition coefficient (Wildman–Crippen LogP) is 4.74. The lowest BCUT2D eigenvalue weighted by Gasteiger charge is -2.52. The van der Waals surface area contributed by atoms with Gasteiger partial charge in [0, 0.05) is 18.6 Å². The zero-order valence-electron chi connectivity index (χ0n) is 15.7. The molecule has 148 valence electrons. The smallest absolute Gasteiger partial charge is 0.181 e. The number of aliphatic hydroxyl groups excluding tert-OH is 1. The van der Waals surface area contributed by atoms with Gasteiger partial charge in [-0.2, -0.15) is 0 Å². The third-order valence-electron chi connectivity index (χ3n) is 6.11. The van der Waals surface area contributed by atoms with E-state index in [9.17, 15) is 5.11 Å². The Kier molecular flexibility index (Phi) is 6.27. The Morgan fingerprint density at radius 2 is 1.85 bits per heavy atom. The first-order valence-corrected chi connectivity index (χ1v) is 13.6. The van der Waals surface area contributed by atoms with Crippen LogP contribution < -0.4 is 0 Å². The molecule has 3 aliphatic heterocycles. The molecule has 7 heteroatoms. The molecule has 3 heterocycles. The Labute approximate surface area is 174 Å². The van der Waals surface area contributed by atoms with Crippen molar-refractivity contribution in [1.29, 1.82) is 0 Å². The van der Waals surface area contributed by atoms with Crippen molar-refractivity contribution in [3.05, 3.63) is 11.6 Å². The highest BCUT2D eigenvalue weighted by Gasteiger charge is 2.53. The van der Waals surface area contributed by atoms with Gasteiger partial charge in [0.15, 0.2) is 6.29 Å². The maximum atomic E-state index is 11.2. The first-order chi connectivity index (χ1) is 12.5. The lowest BCUT2D eigenvalue weighted by molar-refractivity contribution is -0.244. The quantitative estimate of drug-likeness (QED) is 0.643. The molecule has 0 aromatic rings. The Morgan fingerprint density at radius 1 is 1.12 bits per heavy atom. The Balaban J connectivity index is 1.46. The monoisotopic (exact) mass is 434 g/mol. The van der Waals surface area contributed by atoms with E-state index in [-0.39, 0.29) is 10.4 Å². The minimum absolute atomic E-state index is 0.00830. The van der Waals surface area contributed by atoms with E-state index in [1.165, 1.54) is 41.4 Å². The van der Waals surface area contributed by atoms with Gasteiger partial charge in [-0.25, -0.2) is 0 Å². The van der Waals surface area contributed by atoms with Crippen molar-refractivity contribution in [2.24, 2.45) is 0 Å². The predicted molar refractivity (Wildman–Crippen MR) is 117 cm³/mol. The molecule has 0 aromatic carbocycles. The van der Waals surface area contributed by atoms with Crippen LogP contribution in [-0.4, -0.2) is 61.4 Å². The van der Waals surface area contributed by atoms with Crippen LogP contribution in [0.1, 0.15) is 45.4 Å². The van der Waals surface area contributed by atoms with Crippen LogP contribution in [-0.2, 0) is 9.47 Å². The molecule has 0 amide bonds. The molecule has 3 saturated heterocycles. The van der Waals surface area contributed by atoms with E-state index in [0.717, 1.165) is 25.7 Å². The fraction of sp³-hybridized carbons (Fsp3) is 0.895. The van der Waals surface area contributed by atoms with Crippen LogP contribution in [0.2, 0.25) is 0 Å². The van der Waals surface area contributed by atoms with Gasteiger partial charge in [0.1, 0.15) is 10.2 Å². The molecular formula is C19H30O3S4. The summed E-state index contributed by atoms with van der Waals surface area (Å²) in [6, 6.07) is 0. The second-order valence-corrected chi connectivity index (χ2v) is 14.2. The van der Waals surface area contributed by atoms with E-state index < -0.39 is 11.7 Å². The van der Waals surface area contributed by atoms with Crippen LogP contribution in [0.4, 0.5) is 0 Å². The van der Waals surface area contributed by atoms with Crippen LogP contribution in [0.25, 0.3) is 0 Å². The molecule has 1 N–H and O–H groups in total. The highest BCUT2D eigenvalue weighted by Crippen LogP contribution is 2.56. The van der Waals surface area contributed by atoms with Crippen LogP contribution in [0, 0.1) is 0 Å². The average Bonchev–Trinajstić information content (AvgIpc) is 3.13. The van der Waals surface area contributed by atoms with E-state index in [1.54, 1.807) is 7.11 Å². The van der Waals surface area contributed by atoms with Gasteiger partial charge in [-0.05, 0) is 62.5 Å². The fourth-order valence-electron chi connectivity index (χ4n) is 4.46. The summed E-state index contributed by atoms with van der Waals surface area (Å²) < 4.78 is 12.7. The Bertz CT molecular complexity index is 543. The Morgan fingerprint density at radius 3 is 2.46 bits per heavy atom. The van der Waals surface area contributed by atoms with Crippen molar-refractivity contribution in [2.45, 2.75) is 71.6 Å². The van der Waals surface area contributed by atoms with Gasteiger partial charge in [-0.15, -0.1) is 47.0 Å². The van der Waals surface area contributed by atoms with E-state index in [2.05, 4.69) is 36.5 Å². The van der Waals surface area contributed by atoms with E-state index in [4.69, 9.17) is 9.47 Å². The number of aliphatic hydroxyl groups is 1. The van der Waals surface area contributed by atoms with Gasteiger partial charge >= 0.3 is 0 Å². The molecular weight excluding hydrogens is 404 g/mol. The molecule has 4 aliphatic rings. The number of thioether (sulfide) groups is 4. The second kappa shape index (κ2) is 8.04. The van der Waals surface area contributed by atoms with Gasteiger partial charge in [0.05, 0.1) is 9.68 Å². The van der Waals surface area contributed by atoms with Crippen LogP contribution in [0.3, 0.4) is 0 Å². The van der Waals surface area contributed by atoms with Crippen molar-refractivity contribution >= 4 is 47.0 Å². The van der Waals surface area contributed by atoms with Gasteiger partial charge in [0.2, 0.25) is 0 Å². The number of allylic oxidation sites excluding steroid dienone is 1. The molecule has 0 radical (unpaired) electrons. The number of rotatable bonds is 3. The van der Waals surface area contributed by atoms with Crippen LogP contribution >= 0.6 is 47.0 Å². The minimum atomic E-state index is -0.545. The molecule has 3 nitrogen and oxygen atoms in total. The topological polar surface area (TPSA) is 38.7 Å². The summed E-state index contributed by atoms with van der Waals surface area (Å²) in [6.07, 6.45) is 7.97. The molecule has 0 aromatic heterocycles. The molecule has 1 aliphatic carbocycles. The molecule has 3 fully saturated rings. The summed E-state index contributed by atoms with van der Waals surface area (Å²) in [4.78, 5) is 0. The zero-order chi connectivity index (χ0) is 18.3. The lowest BCUT2D eigenvalue weighted by atomic mass is 9.82. The standard InChI is InChI=1S/C19H30O3S4/c1-17(8-9-19(16(21-2)22-17)25-10-3-11-26-19)15(20)14-4-6-18(7-5-14)23-12-13-24-18/h4,15-16,20H,3,5-13H2,1-2H3/t15-,16+,17+/m1/s1. The molecule has 3 atom stereocenters. The summed E-state index contributed by atoms with van der Waals surface area (Å²) >= 11 is 8.21.